The molecule has 108 valence electrons. The Morgan fingerprint density at radius 2 is 2.00 bits per heavy atom. The lowest BCUT2D eigenvalue weighted by molar-refractivity contribution is -0.133. The van der Waals surface area contributed by atoms with Gasteiger partial charge in [0.25, 0.3) is 0 Å². The lowest BCUT2D eigenvalue weighted by Gasteiger charge is -2.34. The number of nitrogens with one attached hydrogen (secondary N) is 1. The minimum absolute atomic E-state index is 0.330. The van der Waals surface area contributed by atoms with Crippen LogP contribution in [0.3, 0.4) is 0 Å². The van der Waals surface area contributed by atoms with Crippen LogP contribution in [-0.2, 0) is 11.2 Å². The van der Waals surface area contributed by atoms with Crippen molar-refractivity contribution in [3.05, 3.63) is 35.4 Å². The molecule has 2 saturated heterocycles. The topological polar surface area (TPSA) is 32.3 Å². The molecule has 2 aliphatic rings. The fourth-order valence-corrected chi connectivity index (χ4v) is 3.43. The van der Waals surface area contributed by atoms with Gasteiger partial charge in [-0.05, 0) is 50.3 Å². The van der Waals surface area contributed by atoms with Crippen molar-refractivity contribution in [1.82, 2.24) is 10.2 Å². The Labute approximate surface area is 121 Å². The van der Waals surface area contributed by atoms with Crippen LogP contribution in [0.2, 0.25) is 0 Å². The molecule has 2 unspecified atom stereocenters. The Hall–Kier alpha value is -1.35. The van der Waals surface area contributed by atoms with Gasteiger partial charge in [-0.15, -0.1) is 0 Å². The zero-order valence-corrected chi connectivity index (χ0v) is 12.3. The third-order valence-corrected chi connectivity index (χ3v) is 4.81. The van der Waals surface area contributed by atoms with E-state index in [0.29, 0.717) is 18.2 Å². The van der Waals surface area contributed by atoms with Crippen molar-refractivity contribution in [2.45, 2.75) is 26.2 Å². The van der Waals surface area contributed by atoms with Crippen LogP contribution in [0.15, 0.2) is 24.3 Å². The summed E-state index contributed by atoms with van der Waals surface area (Å²) in [7, 11) is 0. The number of likely N-dealkylation sites (tertiary alicyclic amines) is 1. The molecule has 0 radical (unpaired) electrons. The summed E-state index contributed by atoms with van der Waals surface area (Å²) in [5.41, 5.74) is 2.54. The van der Waals surface area contributed by atoms with Crippen molar-refractivity contribution < 1.29 is 4.79 Å². The molecule has 3 heteroatoms. The first-order valence-electron chi connectivity index (χ1n) is 7.76. The summed E-state index contributed by atoms with van der Waals surface area (Å²) in [5, 5.41) is 3.45. The van der Waals surface area contributed by atoms with E-state index in [9.17, 15) is 4.79 Å². The molecule has 1 N–H and O–H groups in total. The number of nitrogens with zero attached hydrogens (tertiary/aromatic N) is 1. The van der Waals surface area contributed by atoms with E-state index in [1.54, 1.807) is 0 Å². The molecule has 0 spiro atoms. The van der Waals surface area contributed by atoms with Gasteiger partial charge >= 0.3 is 0 Å². The van der Waals surface area contributed by atoms with E-state index < -0.39 is 0 Å². The maximum Gasteiger partial charge on any atom is 0.222 e. The summed E-state index contributed by atoms with van der Waals surface area (Å²) < 4.78 is 0. The van der Waals surface area contributed by atoms with Gasteiger partial charge in [-0.3, -0.25) is 4.79 Å². The Balaban J connectivity index is 1.50. The molecule has 3 nitrogen and oxygen atoms in total. The molecule has 2 aliphatic heterocycles. The first kappa shape index (κ1) is 13.6. The third kappa shape index (κ3) is 3.04. The van der Waals surface area contributed by atoms with E-state index in [-0.39, 0.29) is 0 Å². The highest BCUT2D eigenvalue weighted by atomic mass is 16.2. The Morgan fingerprint density at radius 3 is 2.80 bits per heavy atom. The summed E-state index contributed by atoms with van der Waals surface area (Å²) in [6, 6.07) is 8.51. The van der Waals surface area contributed by atoms with E-state index >= 15 is 0 Å². The van der Waals surface area contributed by atoms with E-state index in [1.807, 2.05) is 0 Å². The van der Waals surface area contributed by atoms with E-state index in [4.69, 9.17) is 0 Å². The van der Waals surface area contributed by atoms with Crippen molar-refractivity contribution >= 4 is 5.91 Å². The highest BCUT2D eigenvalue weighted by molar-refractivity contribution is 5.76. The monoisotopic (exact) mass is 272 g/mol. The zero-order chi connectivity index (χ0) is 13.9. The van der Waals surface area contributed by atoms with Gasteiger partial charge in [0.2, 0.25) is 5.91 Å². The van der Waals surface area contributed by atoms with Gasteiger partial charge in [-0.25, -0.2) is 0 Å². The number of benzene rings is 1. The molecule has 2 fully saturated rings. The summed E-state index contributed by atoms with van der Waals surface area (Å²) in [6.07, 6.45) is 2.68. The summed E-state index contributed by atoms with van der Waals surface area (Å²) in [6.45, 7) is 6.25. The molecule has 1 aromatic carbocycles. The maximum absolute atomic E-state index is 12.3. The number of piperidine rings is 1. The van der Waals surface area contributed by atoms with Gasteiger partial charge in [-0.1, -0.05) is 29.8 Å². The summed E-state index contributed by atoms with van der Waals surface area (Å²) in [4.78, 5) is 14.4. The molecule has 0 aliphatic carbocycles. The molecular formula is C17H24N2O. The maximum atomic E-state index is 12.3. The molecule has 0 saturated carbocycles. The largest absolute Gasteiger partial charge is 0.342 e. The summed E-state index contributed by atoms with van der Waals surface area (Å²) >= 11 is 0. The predicted molar refractivity (Wildman–Crippen MR) is 80.5 cm³/mol. The number of fused-ring (bicyclic) bond motifs is 1. The fourth-order valence-electron chi connectivity index (χ4n) is 3.43. The quantitative estimate of drug-likeness (QED) is 0.913. The number of carbonyl (C=O) groups excluding carboxylic acids is 1. The van der Waals surface area contributed by atoms with Crippen LogP contribution in [0.4, 0.5) is 0 Å². The van der Waals surface area contributed by atoms with Crippen molar-refractivity contribution in [3.8, 4) is 0 Å². The molecule has 0 bridgehead atoms. The number of hydrogen-bond donors (Lipinski definition) is 1. The summed E-state index contributed by atoms with van der Waals surface area (Å²) in [5.74, 6) is 1.82. The molecule has 2 atom stereocenters. The second-order valence-corrected chi connectivity index (χ2v) is 6.29. The lowest BCUT2D eigenvalue weighted by atomic mass is 9.88. The van der Waals surface area contributed by atoms with Crippen LogP contribution in [0.1, 0.15) is 24.0 Å². The predicted octanol–water partition coefficient (Wildman–Crippen LogP) is 2.00. The van der Waals surface area contributed by atoms with Crippen LogP contribution in [0.5, 0.6) is 0 Å². The average Bonchev–Trinajstić information content (AvgIpc) is 2.93. The van der Waals surface area contributed by atoms with E-state index in [2.05, 4.69) is 41.4 Å². The van der Waals surface area contributed by atoms with E-state index in [0.717, 1.165) is 38.5 Å². The number of aryl methyl sites for hydroxylation is 2. The second-order valence-electron chi connectivity index (χ2n) is 6.29. The molecule has 1 aromatic rings. The van der Waals surface area contributed by atoms with Crippen molar-refractivity contribution in [3.63, 3.8) is 0 Å². The van der Waals surface area contributed by atoms with Gasteiger partial charge in [0, 0.05) is 19.5 Å². The molecule has 3 rings (SSSR count). The van der Waals surface area contributed by atoms with Gasteiger partial charge in [0.05, 0.1) is 0 Å². The van der Waals surface area contributed by atoms with Crippen LogP contribution in [-0.4, -0.2) is 37.0 Å². The minimum atomic E-state index is 0.330. The van der Waals surface area contributed by atoms with Crippen molar-refractivity contribution in [2.75, 3.05) is 26.2 Å². The number of hydrogen-bond acceptors (Lipinski definition) is 2. The number of rotatable bonds is 3. The average molecular weight is 272 g/mol. The molecule has 0 aromatic heterocycles. The van der Waals surface area contributed by atoms with Gasteiger partial charge in [0.15, 0.2) is 0 Å². The molecular weight excluding hydrogens is 248 g/mol. The van der Waals surface area contributed by atoms with Gasteiger partial charge < -0.3 is 10.2 Å². The van der Waals surface area contributed by atoms with Crippen molar-refractivity contribution in [2.24, 2.45) is 11.8 Å². The van der Waals surface area contributed by atoms with Crippen molar-refractivity contribution in [1.29, 1.82) is 0 Å². The lowest BCUT2D eigenvalue weighted by Crippen LogP contribution is -2.43. The Bertz CT molecular complexity index is 468. The van der Waals surface area contributed by atoms with Crippen LogP contribution in [0.25, 0.3) is 0 Å². The standard InChI is InChI=1S/C17H24N2O/c1-13-2-4-14(5-3-13)6-7-17(20)19-9-8-15-10-18-11-16(15)12-19/h2-5,15-16,18H,6-12H2,1H3. The molecule has 1 amide bonds. The normalized spacial score (nSPS) is 25.6. The second kappa shape index (κ2) is 5.96. The Kier molecular flexibility index (Phi) is 4.06. The third-order valence-electron chi connectivity index (χ3n) is 4.81. The Morgan fingerprint density at radius 1 is 1.25 bits per heavy atom. The zero-order valence-electron chi connectivity index (χ0n) is 12.3. The smallest absolute Gasteiger partial charge is 0.222 e. The van der Waals surface area contributed by atoms with E-state index in [1.165, 1.54) is 17.5 Å². The SMILES string of the molecule is Cc1ccc(CCC(=O)N2CCC3CNCC3C2)cc1. The molecule has 20 heavy (non-hydrogen) atoms. The minimum Gasteiger partial charge on any atom is -0.342 e. The van der Waals surface area contributed by atoms with Crippen LogP contribution in [0, 0.1) is 18.8 Å². The van der Waals surface area contributed by atoms with Gasteiger partial charge in [-0.2, -0.15) is 0 Å². The first-order valence-corrected chi connectivity index (χ1v) is 7.76. The highest BCUT2D eigenvalue weighted by Gasteiger charge is 2.34. The van der Waals surface area contributed by atoms with Crippen LogP contribution < -0.4 is 5.32 Å². The highest BCUT2D eigenvalue weighted by Crippen LogP contribution is 2.26. The number of carbonyl (C=O) groups is 1. The van der Waals surface area contributed by atoms with Gasteiger partial charge in [0.1, 0.15) is 0 Å². The molecule has 2 heterocycles. The fraction of sp³-hybridized carbons (Fsp3) is 0.588. The number of amides is 1. The first-order chi connectivity index (χ1) is 9.72. The van der Waals surface area contributed by atoms with Crippen LogP contribution >= 0.6 is 0 Å².